The molecule has 5 rings (SSSR count). The Morgan fingerprint density at radius 2 is 1.85 bits per heavy atom. The third-order valence-electron chi connectivity index (χ3n) is 6.81. The molecule has 3 unspecified atom stereocenters. The van der Waals surface area contributed by atoms with Gasteiger partial charge in [0.2, 0.25) is 5.91 Å². The highest BCUT2D eigenvalue weighted by Crippen LogP contribution is 2.34. The van der Waals surface area contributed by atoms with Crippen molar-refractivity contribution in [2.45, 2.75) is 44.4 Å². The topological polar surface area (TPSA) is 92.7 Å². The first-order valence-electron chi connectivity index (χ1n) is 11.8. The number of ether oxygens (including phenoxy) is 1. The standard InChI is InChI=1S/C23H30FN7O3/c1-2-34-23(33)29-11-9-28(10-12-29)21(32)8-7-20-25-26-22-19-15-18(16-3-5-17(24)6-4-16)27-31(19)14-13-30(20)22/h3-6,13-14,18-19,22,26-27H,2,7-12,15H2,1H3. The molecule has 0 radical (unpaired) electrons. The van der Waals surface area contributed by atoms with Gasteiger partial charge in [0, 0.05) is 51.4 Å². The van der Waals surface area contributed by atoms with Crippen LogP contribution in [0.15, 0.2) is 41.8 Å². The molecular formula is C23H30FN7O3. The van der Waals surface area contributed by atoms with E-state index in [2.05, 4.69) is 25.9 Å². The molecule has 4 aliphatic heterocycles. The number of halogens is 1. The summed E-state index contributed by atoms with van der Waals surface area (Å²) in [5, 5.41) is 6.60. The van der Waals surface area contributed by atoms with Gasteiger partial charge in [0.1, 0.15) is 17.8 Å². The first-order chi connectivity index (χ1) is 16.5. The molecule has 34 heavy (non-hydrogen) atoms. The van der Waals surface area contributed by atoms with E-state index in [4.69, 9.17) is 4.74 Å². The van der Waals surface area contributed by atoms with E-state index in [1.54, 1.807) is 16.7 Å². The van der Waals surface area contributed by atoms with Gasteiger partial charge in [-0.25, -0.2) is 14.6 Å². The van der Waals surface area contributed by atoms with Gasteiger partial charge < -0.3 is 24.4 Å². The molecule has 0 spiro atoms. The van der Waals surface area contributed by atoms with Crippen LogP contribution in [0.25, 0.3) is 0 Å². The molecule has 0 aliphatic carbocycles. The van der Waals surface area contributed by atoms with Crippen molar-refractivity contribution in [1.82, 2.24) is 30.6 Å². The number of hydrogen-bond acceptors (Lipinski definition) is 8. The average molecular weight is 472 g/mol. The van der Waals surface area contributed by atoms with E-state index in [9.17, 15) is 14.0 Å². The van der Waals surface area contributed by atoms with Crippen LogP contribution >= 0.6 is 0 Å². The Hall–Kier alpha value is -3.34. The summed E-state index contributed by atoms with van der Waals surface area (Å²) in [6, 6.07) is 6.84. The van der Waals surface area contributed by atoms with Crippen molar-refractivity contribution in [2.75, 3.05) is 32.8 Å². The summed E-state index contributed by atoms with van der Waals surface area (Å²) in [5.41, 5.74) is 7.76. The van der Waals surface area contributed by atoms with Crippen molar-refractivity contribution >= 4 is 17.8 Å². The van der Waals surface area contributed by atoms with Crippen LogP contribution < -0.4 is 10.9 Å². The van der Waals surface area contributed by atoms with E-state index in [1.807, 2.05) is 24.5 Å². The fraction of sp³-hybridized carbons (Fsp3) is 0.522. The zero-order chi connectivity index (χ0) is 23.7. The summed E-state index contributed by atoms with van der Waals surface area (Å²) < 4.78 is 18.3. The average Bonchev–Trinajstić information content (AvgIpc) is 3.47. The van der Waals surface area contributed by atoms with E-state index < -0.39 is 0 Å². The van der Waals surface area contributed by atoms with Crippen molar-refractivity contribution in [3.05, 3.63) is 48.0 Å². The van der Waals surface area contributed by atoms with Crippen LogP contribution in [0.5, 0.6) is 0 Å². The molecule has 10 nitrogen and oxygen atoms in total. The van der Waals surface area contributed by atoms with Gasteiger partial charge in [-0.3, -0.25) is 10.2 Å². The van der Waals surface area contributed by atoms with Gasteiger partial charge in [-0.1, -0.05) is 12.1 Å². The van der Waals surface area contributed by atoms with E-state index >= 15 is 0 Å². The summed E-state index contributed by atoms with van der Waals surface area (Å²) in [6.45, 7) is 4.14. The maximum absolute atomic E-state index is 13.3. The predicted octanol–water partition coefficient (Wildman–Crippen LogP) is 1.56. The van der Waals surface area contributed by atoms with E-state index in [-0.39, 0.29) is 36.1 Å². The number of fused-ring (bicyclic) bond motifs is 3. The zero-order valence-electron chi connectivity index (χ0n) is 19.2. The number of hydrazone groups is 1. The Balaban J connectivity index is 1.12. The predicted molar refractivity (Wildman–Crippen MR) is 122 cm³/mol. The number of amidine groups is 1. The van der Waals surface area contributed by atoms with Crippen LogP contribution in [-0.2, 0) is 9.53 Å². The van der Waals surface area contributed by atoms with E-state index in [0.717, 1.165) is 17.8 Å². The lowest BCUT2D eigenvalue weighted by Crippen LogP contribution is -2.54. The smallest absolute Gasteiger partial charge is 0.409 e. The number of benzene rings is 1. The Bertz CT molecular complexity index is 977. The Kier molecular flexibility index (Phi) is 6.27. The number of carbonyl (C=O) groups is 2. The Morgan fingerprint density at radius 1 is 1.12 bits per heavy atom. The van der Waals surface area contributed by atoms with Crippen LogP contribution in [0.1, 0.15) is 37.8 Å². The number of carbonyl (C=O) groups excluding carboxylic acids is 2. The third-order valence-corrected chi connectivity index (χ3v) is 6.81. The van der Waals surface area contributed by atoms with E-state index in [1.165, 1.54) is 12.1 Å². The van der Waals surface area contributed by atoms with Gasteiger partial charge in [0.25, 0.3) is 0 Å². The molecule has 1 aromatic carbocycles. The second kappa shape index (κ2) is 9.49. The number of nitrogens with zero attached hydrogens (tertiary/aromatic N) is 5. The lowest BCUT2D eigenvalue weighted by molar-refractivity contribution is -0.132. The van der Waals surface area contributed by atoms with Gasteiger partial charge in [-0.15, -0.1) is 0 Å². The molecule has 3 atom stereocenters. The lowest BCUT2D eigenvalue weighted by atomic mass is 9.99. The summed E-state index contributed by atoms with van der Waals surface area (Å²) in [6.07, 6.45) is 5.36. The lowest BCUT2D eigenvalue weighted by Gasteiger charge is -2.37. The largest absolute Gasteiger partial charge is 0.450 e. The molecule has 2 saturated heterocycles. The maximum Gasteiger partial charge on any atom is 0.409 e. The number of piperazine rings is 1. The Morgan fingerprint density at radius 3 is 2.59 bits per heavy atom. The highest BCUT2D eigenvalue weighted by Gasteiger charge is 2.44. The quantitative estimate of drug-likeness (QED) is 0.673. The van der Waals surface area contributed by atoms with Crippen molar-refractivity contribution in [1.29, 1.82) is 0 Å². The van der Waals surface area contributed by atoms with Gasteiger partial charge >= 0.3 is 6.09 Å². The van der Waals surface area contributed by atoms with Gasteiger partial charge in [-0.05, 0) is 31.0 Å². The molecule has 11 heteroatoms. The molecule has 2 fully saturated rings. The first kappa shape index (κ1) is 22.5. The van der Waals surface area contributed by atoms with Crippen molar-refractivity contribution in [3.8, 4) is 0 Å². The fourth-order valence-corrected chi connectivity index (χ4v) is 4.95. The van der Waals surface area contributed by atoms with Gasteiger partial charge in [0.15, 0.2) is 0 Å². The molecule has 0 bridgehead atoms. The molecule has 2 N–H and O–H groups in total. The summed E-state index contributed by atoms with van der Waals surface area (Å²) in [5.74, 6) is 0.664. The second-order valence-corrected chi connectivity index (χ2v) is 8.82. The molecule has 2 amide bonds. The zero-order valence-corrected chi connectivity index (χ0v) is 19.2. The van der Waals surface area contributed by atoms with Crippen LogP contribution in [-0.4, -0.2) is 82.5 Å². The SMILES string of the molecule is CCOC(=O)N1CCN(C(=O)CCC2=NNC3C4CC(c5ccc(F)cc5)NN4C=CN23)CC1. The number of hydrazine groups is 1. The molecular weight excluding hydrogens is 441 g/mol. The van der Waals surface area contributed by atoms with Gasteiger partial charge in [0.05, 0.1) is 18.7 Å². The van der Waals surface area contributed by atoms with Crippen LogP contribution in [0.4, 0.5) is 9.18 Å². The minimum atomic E-state index is -0.318. The highest BCUT2D eigenvalue weighted by atomic mass is 19.1. The van der Waals surface area contributed by atoms with Crippen LogP contribution in [0.3, 0.4) is 0 Å². The summed E-state index contributed by atoms with van der Waals surface area (Å²) in [4.78, 5) is 30.1. The molecule has 0 saturated carbocycles. The normalized spacial score (nSPS) is 25.6. The number of nitrogens with one attached hydrogen (secondary N) is 2. The fourth-order valence-electron chi connectivity index (χ4n) is 4.95. The number of rotatable bonds is 5. The van der Waals surface area contributed by atoms with Gasteiger partial charge in [-0.2, -0.15) is 5.10 Å². The number of amides is 2. The van der Waals surface area contributed by atoms with E-state index in [0.29, 0.717) is 45.6 Å². The highest BCUT2D eigenvalue weighted by molar-refractivity contribution is 5.89. The van der Waals surface area contributed by atoms with Crippen molar-refractivity contribution in [3.63, 3.8) is 0 Å². The molecule has 0 aromatic heterocycles. The molecule has 4 heterocycles. The van der Waals surface area contributed by atoms with Crippen LogP contribution in [0, 0.1) is 5.82 Å². The maximum atomic E-state index is 13.3. The monoisotopic (exact) mass is 471 g/mol. The number of hydrogen-bond donors (Lipinski definition) is 2. The second-order valence-electron chi connectivity index (χ2n) is 8.82. The van der Waals surface area contributed by atoms with Crippen molar-refractivity contribution < 1.29 is 18.7 Å². The molecule has 1 aromatic rings. The minimum Gasteiger partial charge on any atom is -0.450 e. The first-order valence-corrected chi connectivity index (χ1v) is 11.8. The summed E-state index contributed by atoms with van der Waals surface area (Å²) >= 11 is 0. The third kappa shape index (κ3) is 4.39. The minimum absolute atomic E-state index is 0.0267. The van der Waals surface area contributed by atoms with Crippen LogP contribution in [0.2, 0.25) is 0 Å². The van der Waals surface area contributed by atoms with Crippen molar-refractivity contribution in [2.24, 2.45) is 5.10 Å². The Labute approximate surface area is 197 Å². The molecule has 182 valence electrons. The summed E-state index contributed by atoms with van der Waals surface area (Å²) in [7, 11) is 0. The molecule has 4 aliphatic rings.